The van der Waals surface area contributed by atoms with E-state index in [1.165, 1.54) is 25.1 Å². The summed E-state index contributed by atoms with van der Waals surface area (Å²) in [6.45, 7) is 8.53. The maximum absolute atomic E-state index is 12.7. The number of hydrogen-bond acceptors (Lipinski definition) is 5. The third-order valence-corrected chi connectivity index (χ3v) is 5.78. The van der Waals surface area contributed by atoms with Gasteiger partial charge in [-0.1, -0.05) is 26.8 Å². The number of esters is 1. The number of nitro benzene ring substituents is 1. The van der Waals surface area contributed by atoms with Gasteiger partial charge in [-0.3, -0.25) is 14.9 Å². The predicted octanol–water partition coefficient (Wildman–Crippen LogP) is 3.49. The minimum absolute atomic E-state index is 0.114. The Labute approximate surface area is 158 Å². The van der Waals surface area contributed by atoms with Gasteiger partial charge in [-0.2, -0.15) is 0 Å². The second-order valence-electron chi connectivity index (χ2n) is 9.02. The first-order valence-corrected chi connectivity index (χ1v) is 9.22. The zero-order valence-electron chi connectivity index (χ0n) is 16.3. The van der Waals surface area contributed by atoms with Crippen molar-refractivity contribution in [1.82, 2.24) is 4.90 Å². The second-order valence-corrected chi connectivity index (χ2v) is 9.02. The minimum atomic E-state index is -0.710. The highest BCUT2D eigenvalue weighted by Crippen LogP contribution is 2.52. The van der Waals surface area contributed by atoms with Gasteiger partial charge in [0.15, 0.2) is 6.61 Å². The Morgan fingerprint density at radius 1 is 1.30 bits per heavy atom. The van der Waals surface area contributed by atoms with Crippen LogP contribution in [0, 0.1) is 27.9 Å². The van der Waals surface area contributed by atoms with Crippen LogP contribution in [0.5, 0.6) is 0 Å². The summed E-state index contributed by atoms with van der Waals surface area (Å²) in [7, 11) is 0. The van der Waals surface area contributed by atoms with Gasteiger partial charge < -0.3 is 9.64 Å². The van der Waals surface area contributed by atoms with Gasteiger partial charge in [0.25, 0.3) is 11.6 Å². The fourth-order valence-electron chi connectivity index (χ4n) is 5.08. The molecule has 7 heteroatoms. The molecule has 7 nitrogen and oxygen atoms in total. The van der Waals surface area contributed by atoms with E-state index in [0.717, 1.165) is 19.3 Å². The van der Waals surface area contributed by atoms with Gasteiger partial charge in [0.1, 0.15) is 0 Å². The van der Waals surface area contributed by atoms with Crippen LogP contribution < -0.4 is 0 Å². The first kappa shape index (κ1) is 19.3. The van der Waals surface area contributed by atoms with E-state index in [1.54, 1.807) is 0 Å². The number of hydrogen-bond donors (Lipinski definition) is 0. The Balaban J connectivity index is 1.66. The second kappa shape index (κ2) is 6.62. The molecule has 0 aromatic heterocycles. The summed E-state index contributed by atoms with van der Waals surface area (Å²) in [6, 6.07) is 4.44. The van der Waals surface area contributed by atoms with Crippen molar-refractivity contribution in [3.8, 4) is 0 Å². The fraction of sp³-hybridized carbons (Fsp3) is 0.600. The molecule has 1 saturated carbocycles. The maximum atomic E-state index is 12.7. The van der Waals surface area contributed by atoms with Crippen LogP contribution in [0.25, 0.3) is 0 Å². The fourth-order valence-corrected chi connectivity index (χ4v) is 5.08. The van der Waals surface area contributed by atoms with E-state index in [9.17, 15) is 19.7 Å². The van der Waals surface area contributed by atoms with Gasteiger partial charge in [-0.15, -0.1) is 0 Å². The lowest BCUT2D eigenvalue weighted by molar-refractivity contribution is -0.385. The van der Waals surface area contributed by atoms with E-state index < -0.39 is 10.9 Å². The van der Waals surface area contributed by atoms with Gasteiger partial charge in [-0.25, -0.2) is 4.79 Å². The summed E-state index contributed by atoms with van der Waals surface area (Å²) in [5, 5.41) is 11.0. The zero-order valence-corrected chi connectivity index (χ0v) is 16.3. The Morgan fingerprint density at radius 3 is 2.67 bits per heavy atom. The summed E-state index contributed by atoms with van der Waals surface area (Å²) in [6.07, 6.45) is 3.01. The van der Waals surface area contributed by atoms with Crippen molar-refractivity contribution in [3.05, 3.63) is 39.4 Å². The summed E-state index contributed by atoms with van der Waals surface area (Å²) in [4.78, 5) is 37.3. The van der Waals surface area contributed by atoms with Crippen LogP contribution in [0.15, 0.2) is 18.2 Å². The number of likely N-dealkylation sites (tertiary alicyclic amines) is 1. The van der Waals surface area contributed by atoms with Crippen molar-refractivity contribution in [2.75, 3.05) is 13.2 Å². The van der Waals surface area contributed by atoms with Crippen LogP contribution in [-0.2, 0) is 9.53 Å². The normalized spacial score (nSPS) is 25.9. The molecule has 2 aliphatic rings. The first-order valence-electron chi connectivity index (χ1n) is 9.22. The molecule has 146 valence electrons. The number of amides is 1. The lowest BCUT2D eigenvalue weighted by atomic mass is 9.65. The molecule has 0 N–H and O–H groups in total. The molecule has 1 heterocycles. The van der Waals surface area contributed by atoms with Crippen LogP contribution in [0.1, 0.15) is 56.0 Å². The molecule has 0 unspecified atom stereocenters. The maximum Gasteiger partial charge on any atom is 0.339 e. The van der Waals surface area contributed by atoms with E-state index in [0.29, 0.717) is 6.54 Å². The lowest BCUT2D eigenvalue weighted by Crippen LogP contribution is -2.39. The van der Waals surface area contributed by atoms with Gasteiger partial charge in [0.05, 0.1) is 10.5 Å². The molecule has 1 aromatic carbocycles. The van der Waals surface area contributed by atoms with E-state index >= 15 is 0 Å². The van der Waals surface area contributed by atoms with Crippen molar-refractivity contribution in [2.45, 2.75) is 53.0 Å². The Morgan fingerprint density at radius 2 is 2.00 bits per heavy atom. The minimum Gasteiger partial charge on any atom is -0.452 e. The molecule has 3 rings (SSSR count). The van der Waals surface area contributed by atoms with Gasteiger partial charge in [-0.05, 0) is 43.1 Å². The highest BCUT2D eigenvalue weighted by Gasteiger charge is 2.50. The van der Waals surface area contributed by atoms with E-state index in [1.807, 2.05) is 4.90 Å². The highest BCUT2D eigenvalue weighted by atomic mass is 16.6. The van der Waals surface area contributed by atoms with E-state index in [2.05, 4.69) is 20.8 Å². The SMILES string of the molecule is Cc1c(C(=O)OCC(=O)N2C[C@@]3(C)C[C@@H]2CC(C)(C)C3)cccc1[N+](=O)[O-]. The van der Waals surface area contributed by atoms with E-state index in [-0.39, 0.29) is 46.2 Å². The highest BCUT2D eigenvalue weighted by molar-refractivity contribution is 5.93. The number of rotatable bonds is 4. The summed E-state index contributed by atoms with van der Waals surface area (Å²) in [5.41, 5.74) is 0.530. The average molecular weight is 374 g/mol. The molecule has 1 aliphatic heterocycles. The van der Waals surface area contributed by atoms with Gasteiger partial charge in [0.2, 0.25) is 0 Å². The summed E-state index contributed by atoms with van der Waals surface area (Å²) >= 11 is 0. The molecular weight excluding hydrogens is 348 g/mol. The van der Waals surface area contributed by atoms with Crippen molar-refractivity contribution in [3.63, 3.8) is 0 Å². The quantitative estimate of drug-likeness (QED) is 0.457. The van der Waals surface area contributed by atoms with Crippen LogP contribution in [0.2, 0.25) is 0 Å². The number of carbonyl (C=O) groups is 2. The molecule has 0 radical (unpaired) electrons. The number of ether oxygens (including phenoxy) is 1. The number of benzene rings is 1. The molecule has 2 fully saturated rings. The Bertz CT molecular complexity index is 804. The monoisotopic (exact) mass is 374 g/mol. The van der Waals surface area contributed by atoms with E-state index in [4.69, 9.17) is 4.74 Å². The molecule has 1 aliphatic carbocycles. The van der Waals surface area contributed by atoms with Crippen LogP contribution in [0.4, 0.5) is 5.69 Å². The average Bonchev–Trinajstić information content (AvgIpc) is 2.81. The first-order chi connectivity index (χ1) is 12.5. The molecule has 1 amide bonds. The molecule has 27 heavy (non-hydrogen) atoms. The number of fused-ring (bicyclic) bond motifs is 2. The molecular formula is C20H26N2O5. The molecule has 2 atom stereocenters. The predicted molar refractivity (Wildman–Crippen MR) is 99.4 cm³/mol. The third-order valence-electron chi connectivity index (χ3n) is 5.78. The van der Waals surface area contributed by atoms with Crippen molar-refractivity contribution in [2.24, 2.45) is 10.8 Å². The van der Waals surface area contributed by atoms with Crippen molar-refractivity contribution in [1.29, 1.82) is 0 Å². The third kappa shape index (κ3) is 3.82. The molecule has 1 aromatic rings. The molecule has 2 bridgehead atoms. The summed E-state index contributed by atoms with van der Waals surface area (Å²) in [5.74, 6) is -0.906. The number of nitrogens with zero attached hydrogens (tertiary/aromatic N) is 2. The Hall–Kier alpha value is -2.44. The Kier molecular flexibility index (Phi) is 4.74. The number of carbonyl (C=O) groups excluding carboxylic acids is 2. The number of nitro groups is 1. The topological polar surface area (TPSA) is 89.8 Å². The lowest BCUT2D eigenvalue weighted by Gasteiger charge is -2.39. The van der Waals surface area contributed by atoms with Gasteiger partial charge >= 0.3 is 5.97 Å². The van der Waals surface area contributed by atoms with Crippen molar-refractivity contribution >= 4 is 17.6 Å². The summed E-state index contributed by atoms with van der Waals surface area (Å²) < 4.78 is 5.20. The van der Waals surface area contributed by atoms with Crippen LogP contribution in [0.3, 0.4) is 0 Å². The van der Waals surface area contributed by atoms with Gasteiger partial charge in [0, 0.05) is 24.2 Å². The van der Waals surface area contributed by atoms with Crippen molar-refractivity contribution < 1.29 is 19.2 Å². The van der Waals surface area contributed by atoms with Crippen LogP contribution in [-0.4, -0.2) is 40.9 Å². The zero-order chi connectivity index (χ0) is 20.0. The molecule has 0 spiro atoms. The molecule has 1 saturated heterocycles. The largest absolute Gasteiger partial charge is 0.452 e. The standard InChI is InChI=1S/C20H26N2O5/c1-13-15(6-5-7-16(13)22(25)26)18(24)27-10-17(23)21-12-20(4)9-14(21)8-19(2,3)11-20/h5-7,14H,8-12H2,1-4H3/t14-,20-/m0/s1. The smallest absolute Gasteiger partial charge is 0.339 e. The van der Waals surface area contributed by atoms with Crippen LogP contribution >= 0.6 is 0 Å².